The molecule has 3 aromatic rings. The summed E-state index contributed by atoms with van der Waals surface area (Å²) in [5.41, 5.74) is 0. The molecule has 1 atom stereocenters. The van der Waals surface area contributed by atoms with Gasteiger partial charge in [-0.05, 0) is 0 Å². The Balaban J connectivity index is 2.11. The number of rotatable bonds is 4. The van der Waals surface area contributed by atoms with Crippen molar-refractivity contribution < 1.29 is 0 Å². The Hall–Kier alpha value is -1.66. The summed E-state index contributed by atoms with van der Waals surface area (Å²) in [5.74, 6) is 0. The van der Waals surface area contributed by atoms with Crippen molar-refractivity contribution in [2.75, 3.05) is 0 Å². The predicted octanol–water partition coefficient (Wildman–Crippen LogP) is 3.58. The second-order valence-corrected chi connectivity index (χ2v) is 15.1. The molecule has 0 amide bonds. The van der Waals surface area contributed by atoms with E-state index in [4.69, 9.17) is 3.27 Å². The van der Waals surface area contributed by atoms with Crippen LogP contribution in [0.3, 0.4) is 0 Å². The zero-order valence-electron chi connectivity index (χ0n) is 13.6. The van der Waals surface area contributed by atoms with Crippen LogP contribution in [0.15, 0.2) is 106 Å². The summed E-state index contributed by atoms with van der Waals surface area (Å²) in [6.45, 7) is 0. The minimum absolute atomic E-state index is 0.732. The van der Waals surface area contributed by atoms with Crippen LogP contribution in [0, 0.1) is 0 Å². The van der Waals surface area contributed by atoms with E-state index in [1.807, 2.05) is 18.2 Å². The van der Waals surface area contributed by atoms with Gasteiger partial charge >= 0.3 is 167 Å². The van der Waals surface area contributed by atoms with Crippen LogP contribution in [0.25, 0.3) is 0 Å². The van der Waals surface area contributed by atoms with Gasteiger partial charge in [0.2, 0.25) is 0 Å². The topological polar surface area (TPSA) is 49.4 Å². The van der Waals surface area contributed by atoms with Gasteiger partial charge in [0.25, 0.3) is 0 Å². The number of nitrogens with zero attached hydrogens (tertiary/aromatic N) is 4. The molecule has 0 spiro atoms. The van der Waals surface area contributed by atoms with E-state index in [2.05, 4.69) is 84.1 Å². The number of hydrogen-bond donors (Lipinski definition) is 0. The standard InChI is InChI=1S/C18H15AsN4S3/c1-4-10-16(11-5-1)19(17-12-6-2-7-13-17,18-14-8-3-9-15-18)20-26-22-24-21-25-23-26/h1-15H. The molecular weight excluding hydrogens is 443 g/mol. The van der Waals surface area contributed by atoms with Crippen LogP contribution in [0.2, 0.25) is 0 Å². The number of benzene rings is 3. The minimum atomic E-state index is -3.09. The predicted molar refractivity (Wildman–Crippen MR) is 116 cm³/mol. The molecule has 0 saturated heterocycles. The summed E-state index contributed by atoms with van der Waals surface area (Å²) in [6.07, 6.45) is 0. The van der Waals surface area contributed by atoms with E-state index in [-0.39, 0.29) is 0 Å². The van der Waals surface area contributed by atoms with Gasteiger partial charge in [0.1, 0.15) is 0 Å². The first-order chi connectivity index (χ1) is 12.9. The molecule has 8 heteroatoms. The summed E-state index contributed by atoms with van der Waals surface area (Å²) in [4.78, 5) is 0. The van der Waals surface area contributed by atoms with Crippen molar-refractivity contribution in [1.82, 2.24) is 0 Å². The molecule has 26 heavy (non-hydrogen) atoms. The van der Waals surface area contributed by atoms with Crippen LogP contribution in [0.4, 0.5) is 0 Å². The van der Waals surface area contributed by atoms with E-state index in [1.165, 1.54) is 36.5 Å². The molecule has 0 fully saturated rings. The first-order valence-corrected chi connectivity index (χ1v) is 14.1. The second-order valence-electron chi connectivity index (χ2n) is 5.36. The molecule has 1 aliphatic rings. The van der Waals surface area contributed by atoms with Crippen molar-refractivity contribution in [3.05, 3.63) is 91.0 Å². The molecule has 0 radical (unpaired) electrons. The summed E-state index contributed by atoms with van der Waals surface area (Å²) in [7, 11) is 0. The Kier molecular flexibility index (Phi) is 5.70. The van der Waals surface area contributed by atoms with Crippen LogP contribution >= 0.6 is 12.1 Å². The first-order valence-electron chi connectivity index (χ1n) is 7.88. The van der Waals surface area contributed by atoms with Gasteiger partial charge in [0, 0.05) is 0 Å². The fourth-order valence-corrected chi connectivity index (χ4v) is 15.1. The molecule has 1 heterocycles. The fraction of sp³-hybridized carbons (Fsp3) is 0. The van der Waals surface area contributed by atoms with E-state index in [0.29, 0.717) is 0 Å². The third-order valence-corrected chi connectivity index (χ3v) is 15.4. The van der Waals surface area contributed by atoms with Gasteiger partial charge < -0.3 is 0 Å². The molecule has 4 rings (SSSR count). The van der Waals surface area contributed by atoms with Gasteiger partial charge in [-0.15, -0.1) is 0 Å². The zero-order chi connectivity index (χ0) is 17.7. The van der Waals surface area contributed by atoms with E-state index < -0.39 is 24.4 Å². The Morgan fingerprint density at radius 1 is 0.692 bits per heavy atom. The van der Waals surface area contributed by atoms with Crippen LogP contribution < -0.4 is 13.1 Å². The van der Waals surface area contributed by atoms with Crippen LogP contribution in [0.5, 0.6) is 0 Å². The van der Waals surface area contributed by atoms with Crippen molar-refractivity contribution in [2.45, 2.75) is 0 Å². The summed E-state index contributed by atoms with van der Waals surface area (Å²) < 4.78 is 22.1. The van der Waals surface area contributed by atoms with Crippen LogP contribution in [0.1, 0.15) is 0 Å². The Morgan fingerprint density at radius 2 is 1.15 bits per heavy atom. The van der Waals surface area contributed by atoms with E-state index >= 15 is 0 Å². The van der Waals surface area contributed by atoms with E-state index in [9.17, 15) is 0 Å². The van der Waals surface area contributed by atoms with Gasteiger partial charge in [0.15, 0.2) is 0 Å². The van der Waals surface area contributed by atoms with Crippen LogP contribution in [-0.2, 0) is 22.4 Å². The second kappa shape index (κ2) is 8.35. The maximum atomic E-state index is 5.34. The molecular formula is C18H15AsN4S3. The zero-order valence-corrected chi connectivity index (χ0v) is 17.9. The summed E-state index contributed by atoms with van der Waals surface area (Å²) in [5, 5.41) is 0. The third-order valence-electron chi connectivity index (χ3n) is 3.85. The van der Waals surface area contributed by atoms with Gasteiger partial charge in [0.05, 0.1) is 0 Å². The van der Waals surface area contributed by atoms with Gasteiger partial charge in [-0.25, -0.2) is 0 Å². The molecule has 1 aliphatic heterocycles. The summed E-state index contributed by atoms with van der Waals surface area (Å²) in [6, 6.07) is 31.8. The van der Waals surface area contributed by atoms with Crippen molar-refractivity contribution in [3.8, 4) is 0 Å². The van der Waals surface area contributed by atoms with Gasteiger partial charge in [-0.3, -0.25) is 0 Å². The Labute approximate surface area is 165 Å². The van der Waals surface area contributed by atoms with Crippen molar-refractivity contribution in [3.63, 3.8) is 0 Å². The average Bonchev–Trinajstić information content (AvgIpc) is 2.75. The third kappa shape index (κ3) is 3.58. The first kappa shape index (κ1) is 17.7. The molecule has 0 aliphatic carbocycles. The monoisotopic (exact) mass is 458 g/mol. The Bertz CT molecular complexity index is 944. The van der Waals surface area contributed by atoms with Crippen molar-refractivity contribution in [1.29, 1.82) is 0 Å². The quantitative estimate of drug-likeness (QED) is 0.436. The molecule has 0 aromatic heterocycles. The average molecular weight is 458 g/mol. The fourth-order valence-electron chi connectivity index (χ4n) is 2.77. The molecule has 130 valence electrons. The normalized spacial score (nSPS) is 16.4. The van der Waals surface area contributed by atoms with Crippen molar-refractivity contribution in [2.24, 2.45) is 14.6 Å². The number of hydrogen-bond acceptors (Lipinski definition) is 5. The van der Waals surface area contributed by atoms with E-state index in [1.54, 1.807) is 0 Å². The molecule has 0 bridgehead atoms. The molecule has 0 saturated carbocycles. The SMILES string of the molecule is c1ccc([As](=NS2=NSN=S=N2)(c2ccccc2)c2ccccc2)cc1. The maximum absolute atomic E-state index is 5.34. The van der Waals surface area contributed by atoms with Crippen molar-refractivity contribution >= 4 is 61.0 Å². The molecule has 1 unspecified atom stereocenters. The van der Waals surface area contributed by atoms with E-state index in [0.717, 1.165) is 0 Å². The van der Waals surface area contributed by atoms with Crippen LogP contribution in [-0.4, -0.2) is 13.4 Å². The summed E-state index contributed by atoms with van der Waals surface area (Å²) >= 11 is -1.44. The molecule has 3 aromatic carbocycles. The van der Waals surface area contributed by atoms with Gasteiger partial charge in [-0.1, -0.05) is 0 Å². The molecule has 4 nitrogen and oxygen atoms in total. The van der Waals surface area contributed by atoms with Gasteiger partial charge in [-0.2, -0.15) is 0 Å². The Morgan fingerprint density at radius 3 is 1.54 bits per heavy atom. The molecule has 0 N–H and O–H groups in total.